The molecule has 0 aliphatic rings. The maximum Gasteiger partial charge on any atom is 0.0542 e. The van der Waals surface area contributed by atoms with E-state index in [1.165, 1.54) is 16.7 Å². The van der Waals surface area contributed by atoms with Gasteiger partial charge < -0.3 is 0 Å². The van der Waals surface area contributed by atoms with Crippen molar-refractivity contribution in [3.63, 3.8) is 0 Å². The maximum absolute atomic E-state index is 6.16. The van der Waals surface area contributed by atoms with Crippen LogP contribution in [-0.2, 0) is 6.42 Å². The van der Waals surface area contributed by atoms with E-state index in [-0.39, 0.29) is 0 Å². The lowest BCUT2D eigenvalue weighted by Gasteiger charge is -2.12. The molecule has 0 nitrogen and oxygen atoms in total. The Bertz CT molecular complexity index is 554. The van der Waals surface area contributed by atoms with Crippen molar-refractivity contribution < 1.29 is 0 Å². The summed E-state index contributed by atoms with van der Waals surface area (Å²) in [4.78, 5) is 0.300. The van der Waals surface area contributed by atoms with Crippen molar-refractivity contribution >= 4 is 50.1 Å². The van der Waals surface area contributed by atoms with Crippen molar-refractivity contribution in [2.75, 3.05) is 0 Å². The number of halogens is 3. The summed E-state index contributed by atoms with van der Waals surface area (Å²) in [7, 11) is 0. The first-order valence-electron chi connectivity index (χ1n) is 5.71. The summed E-state index contributed by atoms with van der Waals surface area (Å²) in [5.74, 6) is 0. The Labute approximate surface area is 135 Å². The molecule has 1 unspecified atom stereocenters. The van der Waals surface area contributed by atoms with E-state index in [0.29, 0.717) is 4.83 Å². The highest BCUT2D eigenvalue weighted by atomic mass is 127. The molecule has 0 heterocycles. The fraction of sp³-hybridized carbons (Fsp3) is 0.200. The minimum absolute atomic E-state index is 0.300. The summed E-state index contributed by atoms with van der Waals surface area (Å²) >= 11 is 12.1. The molecule has 0 amide bonds. The number of aryl methyl sites for hydroxylation is 1. The molecule has 2 rings (SSSR count). The molecule has 0 spiro atoms. The van der Waals surface area contributed by atoms with Gasteiger partial charge in [0.05, 0.1) is 5.02 Å². The van der Waals surface area contributed by atoms with Crippen LogP contribution in [0.1, 0.15) is 21.5 Å². The number of hydrogen-bond donors (Lipinski definition) is 0. The van der Waals surface area contributed by atoms with Crippen LogP contribution in [0.5, 0.6) is 0 Å². The van der Waals surface area contributed by atoms with Crippen LogP contribution in [-0.4, -0.2) is 0 Å². The highest BCUT2D eigenvalue weighted by molar-refractivity contribution is 14.1. The standard InChI is InChI=1S/C15H13BrClI/c1-10-3-2-4-11(7-10)8-13(16)12-5-6-15(18)14(17)9-12/h2-7,9,13H,8H2,1H3. The van der Waals surface area contributed by atoms with Crippen LogP contribution in [0.4, 0.5) is 0 Å². The van der Waals surface area contributed by atoms with Gasteiger partial charge in [0.15, 0.2) is 0 Å². The number of benzene rings is 2. The zero-order valence-electron chi connectivity index (χ0n) is 9.96. The third-order valence-corrected chi connectivity index (χ3v) is 5.23. The fourth-order valence-electron chi connectivity index (χ4n) is 1.87. The Balaban J connectivity index is 2.16. The second-order valence-electron chi connectivity index (χ2n) is 4.33. The molecule has 0 aliphatic carbocycles. The van der Waals surface area contributed by atoms with Crippen LogP contribution in [0, 0.1) is 10.5 Å². The summed E-state index contributed by atoms with van der Waals surface area (Å²) in [5, 5.41) is 0.821. The van der Waals surface area contributed by atoms with Crippen molar-refractivity contribution in [3.05, 3.63) is 67.7 Å². The number of alkyl halides is 1. The molecular formula is C15H13BrClI. The molecule has 0 saturated heterocycles. The van der Waals surface area contributed by atoms with E-state index in [1.807, 2.05) is 6.07 Å². The van der Waals surface area contributed by atoms with E-state index < -0.39 is 0 Å². The molecule has 0 fully saturated rings. The molecule has 3 heteroatoms. The Hall–Kier alpha value is -0.0600. The zero-order chi connectivity index (χ0) is 13.1. The van der Waals surface area contributed by atoms with Gasteiger partial charge in [-0.25, -0.2) is 0 Å². The second kappa shape index (κ2) is 6.40. The highest BCUT2D eigenvalue weighted by Gasteiger charge is 2.10. The predicted octanol–water partition coefficient (Wildman–Crippen LogP) is 5.93. The Morgan fingerprint density at radius 1 is 1.22 bits per heavy atom. The van der Waals surface area contributed by atoms with E-state index >= 15 is 0 Å². The third kappa shape index (κ3) is 3.72. The number of rotatable bonds is 3. The maximum atomic E-state index is 6.16. The van der Waals surface area contributed by atoms with Gasteiger partial charge >= 0.3 is 0 Å². The Morgan fingerprint density at radius 3 is 2.67 bits per heavy atom. The topological polar surface area (TPSA) is 0 Å². The molecule has 0 saturated carbocycles. The molecule has 18 heavy (non-hydrogen) atoms. The highest BCUT2D eigenvalue weighted by Crippen LogP contribution is 2.30. The molecule has 2 aromatic rings. The smallest absolute Gasteiger partial charge is 0.0542 e. The van der Waals surface area contributed by atoms with Crippen LogP contribution in [0.15, 0.2) is 42.5 Å². The van der Waals surface area contributed by atoms with Crippen LogP contribution in [0.25, 0.3) is 0 Å². The molecule has 0 aliphatic heterocycles. The van der Waals surface area contributed by atoms with E-state index in [4.69, 9.17) is 11.6 Å². The normalized spacial score (nSPS) is 12.4. The van der Waals surface area contributed by atoms with Crippen molar-refractivity contribution in [2.45, 2.75) is 18.2 Å². The van der Waals surface area contributed by atoms with Gasteiger partial charge in [0, 0.05) is 8.40 Å². The van der Waals surface area contributed by atoms with Crippen molar-refractivity contribution in [2.24, 2.45) is 0 Å². The van der Waals surface area contributed by atoms with Gasteiger partial charge in [-0.3, -0.25) is 0 Å². The Kier molecular flexibility index (Phi) is 5.10. The van der Waals surface area contributed by atoms with E-state index in [1.54, 1.807) is 0 Å². The van der Waals surface area contributed by atoms with Crippen molar-refractivity contribution in [1.29, 1.82) is 0 Å². The second-order valence-corrected chi connectivity index (χ2v) is 7.01. The average Bonchev–Trinajstić information content (AvgIpc) is 2.32. The van der Waals surface area contributed by atoms with Gasteiger partial charge in [0.25, 0.3) is 0 Å². The van der Waals surface area contributed by atoms with Crippen molar-refractivity contribution in [3.8, 4) is 0 Å². The van der Waals surface area contributed by atoms with Gasteiger partial charge in [0.2, 0.25) is 0 Å². The SMILES string of the molecule is Cc1cccc(CC(Br)c2ccc(I)c(Cl)c2)c1. The molecule has 2 aromatic carbocycles. The molecule has 1 atom stereocenters. The summed E-state index contributed by atoms with van der Waals surface area (Å²) in [6.07, 6.45) is 0.971. The monoisotopic (exact) mass is 434 g/mol. The molecule has 0 radical (unpaired) electrons. The third-order valence-electron chi connectivity index (χ3n) is 2.80. The molecular weight excluding hydrogens is 422 g/mol. The van der Waals surface area contributed by atoms with E-state index in [9.17, 15) is 0 Å². The average molecular weight is 436 g/mol. The Morgan fingerprint density at radius 2 is 2.00 bits per heavy atom. The van der Waals surface area contributed by atoms with Crippen LogP contribution in [0.3, 0.4) is 0 Å². The van der Waals surface area contributed by atoms with Crippen molar-refractivity contribution in [1.82, 2.24) is 0 Å². The first kappa shape index (κ1) is 14.4. The van der Waals surface area contributed by atoms with Gasteiger partial charge in [-0.1, -0.05) is 63.4 Å². The first-order valence-corrected chi connectivity index (χ1v) is 8.08. The lowest BCUT2D eigenvalue weighted by molar-refractivity contribution is 0.946. The minimum atomic E-state index is 0.300. The van der Waals surface area contributed by atoms with Crippen LogP contribution in [0.2, 0.25) is 5.02 Å². The molecule has 0 aromatic heterocycles. The summed E-state index contributed by atoms with van der Waals surface area (Å²) in [6.45, 7) is 2.12. The van der Waals surface area contributed by atoms with Crippen LogP contribution >= 0.6 is 50.1 Å². The summed E-state index contributed by atoms with van der Waals surface area (Å²) < 4.78 is 1.09. The van der Waals surface area contributed by atoms with Gasteiger partial charge in [-0.05, 0) is 59.2 Å². The fourth-order valence-corrected chi connectivity index (χ4v) is 3.05. The van der Waals surface area contributed by atoms with Crippen LogP contribution < -0.4 is 0 Å². The first-order chi connectivity index (χ1) is 8.56. The molecule has 94 valence electrons. The summed E-state index contributed by atoms with van der Waals surface area (Å²) in [5.41, 5.74) is 3.86. The van der Waals surface area contributed by atoms with E-state index in [0.717, 1.165) is 15.0 Å². The van der Waals surface area contributed by atoms with Gasteiger partial charge in [-0.2, -0.15) is 0 Å². The lowest BCUT2D eigenvalue weighted by atomic mass is 10.0. The van der Waals surface area contributed by atoms with Gasteiger partial charge in [0.1, 0.15) is 0 Å². The molecule has 0 bridgehead atoms. The largest absolute Gasteiger partial charge is 0.0835 e. The lowest BCUT2D eigenvalue weighted by Crippen LogP contribution is -1.96. The van der Waals surface area contributed by atoms with Gasteiger partial charge in [-0.15, -0.1) is 0 Å². The minimum Gasteiger partial charge on any atom is -0.0835 e. The zero-order valence-corrected chi connectivity index (χ0v) is 14.5. The van der Waals surface area contributed by atoms with E-state index in [2.05, 4.69) is 81.8 Å². The predicted molar refractivity (Wildman–Crippen MR) is 90.7 cm³/mol. The molecule has 0 N–H and O–H groups in total. The number of hydrogen-bond acceptors (Lipinski definition) is 0. The summed E-state index contributed by atoms with van der Waals surface area (Å²) in [6, 6.07) is 14.8. The quantitative estimate of drug-likeness (QED) is 0.414.